The van der Waals surface area contributed by atoms with Crippen molar-refractivity contribution >= 4 is 11.0 Å². The molecule has 0 bridgehead atoms. The fourth-order valence-electron chi connectivity index (χ4n) is 2.40. The zero-order chi connectivity index (χ0) is 15.7. The Bertz CT molecular complexity index is 874. The van der Waals surface area contributed by atoms with Gasteiger partial charge in [-0.3, -0.25) is 0 Å². The number of hydrogen-bond acceptors (Lipinski definition) is 3. The molecule has 0 N–H and O–H groups in total. The Kier molecular flexibility index (Phi) is 3.72. The van der Waals surface area contributed by atoms with Crippen LogP contribution in [0.25, 0.3) is 11.0 Å². The Balaban J connectivity index is 1.97. The summed E-state index contributed by atoms with van der Waals surface area (Å²) in [6.07, 6.45) is 0. The van der Waals surface area contributed by atoms with Gasteiger partial charge < -0.3 is 9.15 Å². The maximum Gasteiger partial charge on any atom is 0.336 e. The van der Waals surface area contributed by atoms with Gasteiger partial charge in [0.05, 0.1) is 0 Å². The van der Waals surface area contributed by atoms with Crippen LogP contribution in [0.5, 0.6) is 5.75 Å². The molecular formula is C19H18O3. The molecule has 0 amide bonds. The van der Waals surface area contributed by atoms with E-state index >= 15 is 0 Å². The van der Waals surface area contributed by atoms with E-state index in [1.165, 1.54) is 11.6 Å². The number of ether oxygens (including phenoxy) is 1. The van der Waals surface area contributed by atoms with Crippen LogP contribution in [0.4, 0.5) is 0 Å². The van der Waals surface area contributed by atoms with E-state index < -0.39 is 0 Å². The van der Waals surface area contributed by atoms with E-state index in [9.17, 15) is 4.79 Å². The molecule has 0 fully saturated rings. The third-order valence-electron chi connectivity index (χ3n) is 3.86. The first-order valence-corrected chi connectivity index (χ1v) is 7.26. The summed E-state index contributed by atoms with van der Waals surface area (Å²) in [5.41, 5.74) is 4.56. The van der Waals surface area contributed by atoms with Gasteiger partial charge in [0.1, 0.15) is 17.9 Å². The Morgan fingerprint density at radius 3 is 2.36 bits per heavy atom. The summed E-state index contributed by atoms with van der Waals surface area (Å²) >= 11 is 0. The molecule has 3 heteroatoms. The third kappa shape index (κ3) is 2.89. The van der Waals surface area contributed by atoms with E-state index in [1.807, 2.05) is 57.2 Å². The molecular weight excluding hydrogens is 276 g/mol. The minimum Gasteiger partial charge on any atom is -0.489 e. The molecule has 0 radical (unpaired) electrons. The van der Waals surface area contributed by atoms with Gasteiger partial charge in [0, 0.05) is 17.0 Å². The van der Waals surface area contributed by atoms with E-state index in [0.717, 1.165) is 27.8 Å². The van der Waals surface area contributed by atoms with Crippen molar-refractivity contribution in [2.24, 2.45) is 0 Å². The van der Waals surface area contributed by atoms with Gasteiger partial charge in [0.25, 0.3) is 0 Å². The highest BCUT2D eigenvalue weighted by Gasteiger charge is 2.08. The summed E-state index contributed by atoms with van der Waals surface area (Å²) in [5, 5.41) is 0.926. The molecule has 0 unspecified atom stereocenters. The first-order chi connectivity index (χ1) is 10.5. The predicted octanol–water partition coefficient (Wildman–Crippen LogP) is 4.30. The van der Waals surface area contributed by atoms with Crippen LogP contribution in [0.15, 0.2) is 51.7 Å². The largest absolute Gasteiger partial charge is 0.489 e. The van der Waals surface area contributed by atoms with E-state index in [2.05, 4.69) is 0 Å². The molecule has 2 aromatic carbocycles. The Labute approximate surface area is 129 Å². The minimum atomic E-state index is -0.349. The van der Waals surface area contributed by atoms with Crippen LogP contribution in [0.1, 0.15) is 22.3 Å². The van der Waals surface area contributed by atoms with Gasteiger partial charge in [0.15, 0.2) is 0 Å². The topological polar surface area (TPSA) is 39.4 Å². The molecule has 3 aromatic rings. The molecule has 112 valence electrons. The number of hydrogen-bond donors (Lipinski definition) is 0. The van der Waals surface area contributed by atoms with Crippen LogP contribution in [-0.2, 0) is 6.61 Å². The van der Waals surface area contributed by atoms with Gasteiger partial charge in [-0.2, -0.15) is 0 Å². The Morgan fingerprint density at radius 2 is 1.64 bits per heavy atom. The SMILES string of the molecule is Cc1ccc(OCc2cc(=O)oc3cc(C)c(C)cc23)cc1. The molecule has 1 aromatic heterocycles. The summed E-state index contributed by atoms with van der Waals surface area (Å²) in [7, 11) is 0. The molecule has 0 aliphatic rings. The smallest absolute Gasteiger partial charge is 0.336 e. The number of rotatable bonds is 3. The van der Waals surface area contributed by atoms with Crippen molar-refractivity contribution in [3.63, 3.8) is 0 Å². The van der Waals surface area contributed by atoms with Crippen molar-refractivity contribution in [2.75, 3.05) is 0 Å². The summed E-state index contributed by atoms with van der Waals surface area (Å²) in [5.74, 6) is 0.788. The second-order valence-electron chi connectivity index (χ2n) is 5.63. The van der Waals surface area contributed by atoms with Crippen molar-refractivity contribution in [1.29, 1.82) is 0 Å². The second-order valence-corrected chi connectivity index (χ2v) is 5.63. The number of fused-ring (bicyclic) bond motifs is 1. The average molecular weight is 294 g/mol. The van der Waals surface area contributed by atoms with E-state index in [4.69, 9.17) is 9.15 Å². The number of aryl methyl sites for hydroxylation is 3. The molecule has 1 heterocycles. The Hall–Kier alpha value is -2.55. The van der Waals surface area contributed by atoms with Crippen molar-refractivity contribution in [3.8, 4) is 5.75 Å². The van der Waals surface area contributed by atoms with Crippen LogP contribution in [0.3, 0.4) is 0 Å². The third-order valence-corrected chi connectivity index (χ3v) is 3.86. The van der Waals surface area contributed by atoms with Gasteiger partial charge >= 0.3 is 5.63 Å². The van der Waals surface area contributed by atoms with Gasteiger partial charge in [-0.15, -0.1) is 0 Å². The van der Waals surface area contributed by atoms with Gasteiger partial charge in [-0.1, -0.05) is 17.7 Å². The van der Waals surface area contributed by atoms with Crippen molar-refractivity contribution in [3.05, 3.63) is 75.1 Å². The van der Waals surface area contributed by atoms with Crippen LogP contribution in [0.2, 0.25) is 0 Å². The van der Waals surface area contributed by atoms with Crippen LogP contribution in [0, 0.1) is 20.8 Å². The highest BCUT2D eigenvalue weighted by atomic mass is 16.5. The van der Waals surface area contributed by atoms with Crippen molar-refractivity contribution in [2.45, 2.75) is 27.4 Å². The van der Waals surface area contributed by atoms with Gasteiger partial charge in [0.2, 0.25) is 0 Å². The maximum absolute atomic E-state index is 11.7. The minimum absolute atomic E-state index is 0.341. The maximum atomic E-state index is 11.7. The standard InChI is InChI=1S/C19H18O3/c1-12-4-6-16(7-5-12)21-11-15-10-19(20)22-18-9-14(3)13(2)8-17(15)18/h4-10H,11H2,1-3H3. The molecule has 0 spiro atoms. The fourth-order valence-corrected chi connectivity index (χ4v) is 2.40. The first kappa shape index (κ1) is 14.4. The van der Waals surface area contributed by atoms with Crippen LogP contribution in [-0.4, -0.2) is 0 Å². The highest BCUT2D eigenvalue weighted by molar-refractivity contribution is 5.81. The molecule has 0 aliphatic carbocycles. The summed E-state index contributed by atoms with van der Waals surface area (Å²) in [6, 6.07) is 13.3. The lowest BCUT2D eigenvalue weighted by molar-refractivity contribution is 0.306. The highest BCUT2D eigenvalue weighted by Crippen LogP contribution is 2.23. The second kappa shape index (κ2) is 5.68. The van der Waals surface area contributed by atoms with E-state index in [-0.39, 0.29) is 5.63 Å². The summed E-state index contributed by atoms with van der Waals surface area (Å²) in [6.45, 7) is 6.42. The predicted molar refractivity (Wildman–Crippen MR) is 87.5 cm³/mol. The molecule has 0 atom stereocenters. The molecule has 3 nitrogen and oxygen atoms in total. The first-order valence-electron chi connectivity index (χ1n) is 7.26. The van der Waals surface area contributed by atoms with Crippen molar-refractivity contribution in [1.82, 2.24) is 0 Å². The van der Waals surface area contributed by atoms with Gasteiger partial charge in [-0.05, 0) is 56.2 Å². The zero-order valence-corrected chi connectivity index (χ0v) is 13.0. The lowest BCUT2D eigenvalue weighted by atomic mass is 10.0. The summed E-state index contributed by atoms with van der Waals surface area (Å²) < 4.78 is 11.1. The van der Waals surface area contributed by atoms with Gasteiger partial charge in [-0.25, -0.2) is 4.79 Å². The monoisotopic (exact) mass is 294 g/mol. The quantitative estimate of drug-likeness (QED) is 0.676. The van der Waals surface area contributed by atoms with E-state index in [1.54, 1.807) is 0 Å². The molecule has 3 rings (SSSR count). The number of benzene rings is 2. The lowest BCUT2D eigenvalue weighted by Crippen LogP contribution is -2.04. The normalized spacial score (nSPS) is 10.9. The average Bonchev–Trinajstić information content (AvgIpc) is 2.48. The fraction of sp³-hybridized carbons (Fsp3) is 0.211. The molecule has 0 saturated carbocycles. The lowest BCUT2D eigenvalue weighted by Gasteiger charge is -2.10. The molecule has 0 aliphatic heterocycles. The van der Waals surface area contributed by atoms with E-state index in [0.29, 0.717) is 12.2 Å². The van der Waals surface area contributed by atoms with Crippen LogP contribution < -0.4 is 10.4 Å². The molecule has 0 saturated heterocycles. The van der Waals surface area contributed by atoms with Crippen molar-refractivity contribution < 1.29 is 9.15 Å². The summed E-state index contributed by atoms with van der Waals surface area (Å²) in [4.78, 5) is 11.7. The van der Waals surface area contributed by atoms with Crippen LogP contribution >= 0.6 is 0 Å². The zero-order valence-electron chi connectivity index (χ0n) is 13.0. The molecule has 22 heavy (non-hydrogen) atoms. The Morgan fingerprint density at radius 1 is 0.955 bits per heavy atom.